The van der Waals surface area contributed by atoms with E-state index in [9.17, 15) is 8.42 Å². The Kier molecular flexibility index (Phi) is 8.96. The third kappa shape index (κ3) is 7.63. The van der Waals surface area contributed by atoms with Crippen molar-refractivity contribution in [3.05, 3.63) is 29.8 Å². The monoisotopic (exact) mass is 422 g/mol. The maximum Gasteiger partial charge on any atom is 0.191 e. The Morgan fingerprint density at radius 1 is 1.17 bits per heavy atom. The maximum absolute atomic E-state index is 11.6. The van der Waals surface area contributed by atoms with Gasteiger partial charge in [-0.05, 0) is 61.9 Å². The van der Waals surface area contributed by atoms with Crippen LogP contribution in [0.3, 0.4) is 0 Å². The van der Waals surface area contributed by atoms with Crippen LogP contribution in [-0.4, -0.2) is 64.8 Å². The van der Waals surface area contributed by atoms with Gasteiger partial charge in [-0.25, -0.2) is 8.42 Å². The zero-order chi connectivity index (χ0) is 21.4. The lowest BCUT2D eigenvalue weighted by atomic mass is 9.94. The van der Waals surface area contributed by atoms with Gasteiger partial charge in [0.1, 0.15) is 0 Å². The van der Waals surface area contributed by atoms with E-state index in [0.29, 0.717) is 16.9 Å². The van der Waals surface area contributed by atoms with Crippen LogP contribution in [-0.2, 0) is 16.3 Å². The van der Waals surface area contributed by atoms with Crippen LogP contribution in [0.4, 0.5) is 0 Å². The predicted molar refractivity (Wildman–Crippen MR) is 121 cm³/mol. The van der Waals surface area contributed by atoms with Gasteiger partial charge < -0.3 is 10.6 Å². The first-order chi connectivity index (χ1) is 13.7. The molecule has 0 spiro atoms. The van der Waals surface area contributed by atoms with E-state index in [1.54, 1.807) is 19.2 Å². The van der Waals surface area contributed by atoms with E-state index in [0.717, 1.165) is 37.0 Å². The number of aliphatic imine (C=N–C) groups is 1. The van der Waals surface area contributed by atoms with Gasteiger partial charge in [0.25, 0.3) is 0 Å². The second-order valence-corrected chi connectivity index (χ2v) is 10.6. The van der Waals surface area contributed by atoms with Gasteiger partial charge in [-0.2, -0.15) is 0 Å². The zero-order valence-electron chi connectivity index (χ0n) is 18.6. The highest BCUT2D eigenvalue weighted by Gasteiger charge is 2.25. The average molecular weight is 423 g/mol. The molecule has 1 fully saturated rings. The molecule has 1 aliphatic heterocycles. The summed E-state index contributed by atoms with van der Waals surface area (Å²) >= 11 is 0. The molecule has 1 heterocycles. The van der Waals surface area contributed by atoms with Crippen LogP contribution in [0, 0.1) is 11.8 Å². The predicted octanol–water partition coefficient (Wildman–Crippen LogP) is 2.55. The Hall–Kier alpha value is -1.60. The molecule has 0 bridgehead atoms. The zero-order valence-corrected chi connectivity index (χ0v) is 19.4. The first kappa shape index (κ1) is 23.7. The molecule has 2 rings (SSSR count). The van der Waals surface area contributed by atoms with Crippen molar-refractivity contribution in [3.63, 3.8) is 0 Å². The van der Waals surface area contributed by atoms with Crippen molar-refractivity contribution in [1.82, 2.24) is 15.5 Å². The van der Waals surface area contributed by atoms with E-state index in [2.05, 4.69) is 41.3 Å². The van der Waals surface area contributed by atoms with Gasteiger partial charge in [-0.1, -0.05) is 32.9 Å². The van der Waals surface area contributed by atoms with Gasteiger partial charge in [-0.15, -0.1) is 0 Å². The van der Waals surface area contributed by atoms with E-state index in [1.807, 2.05) is 12.1 Å². The molecule has 6 nitrogen and oxygen atoms in total. The fraction of sp³-hybridized carbons (Fsp3) is 0.682. The normalized spacial score (nSPS) is 18.1. The van der Waals surface area contributed by atoms with Gasteiger partial charge in [-0.3, -0.25) is 9.89 Å². The van der Waals surface area contributed by atoms with Crippen molar-refractivity contribution in [1.29, 1.82) is 0 Å². The molecule has 1 saturated heterocycles. The Labute approximate surface area is 177 Å². The minimum absolute atomic E-state index is 0.360. The molecule has 0 aliphatic carbocycles. The molecule has 2 N–H and O–H groups in total. The van der Waals surface area contributed by atoms with Crippen LogP contribution in [0.5, 0.6) is 0 Å². The summed E-state index contributed by atoms with van der Waals surface area (Å²) in [6.45, 7) is 10.9. The largest absolute Gasteiger partial charge is 0.356 e. The summed E-state index contributed by atoms with van der Waals surface area (Å²) in [6.07, 6.45) is 4.61. The van der Waals surface area contributed by atoms with Crippen molar-refractivity contribution in [2.75, 3.05) is 39.5 Å². The number of hydrogen-bond donors (Lipinski definition) is 2. The molecule has 0 amide bonds. The van der Waals surface area contributed by atoms with Crippen LogP contribution in [0.15, 0.2) is 34.2 Å². The first-order valence-electron chi connectivity index (χ1n) is 10.7. The van der Waals surface area contributed by atoms with E-state index < -0.39 is 9.84 Å². The first-order valence-corrected chi connectivity index (χ1v) is 12.6. The highest BCUT2D eigenvalue weighted by atomic mass is 32.2. The van der Waals surface area contributed by atoms with Crippen molar-refractivity contribution in [2.24, 2.45) is 16.8 Å². The summed E-state index contributed by atoms with van der Waals surface area (Å²) < 4.78 is 23.1. The molecule has 1 aromatic rings. The fourth-order valence-corrected chi connectivity index (χ4v) is 4.43. The highest BCUT2D eigenvalue weighted by Crippen LogP contribution is 2.21. The third-order valence-corrected chi connectivity index (χ3v) is 6.95. The Morgan fingerprint density at radius 2 is 1.79 bits per heavy atom. The van der Waals surface area contributed by atoms with E-state index in [4.69, 9.17) is 0 Å². The number of likely N-dealkylation sites (tertiary alicyclic amines) is 1. The lowest BCUT2D eigenvalue weighted by Crippen LogP contribution is -2.51. The van der Waals surface area contributed by atoms with Crippen LogP contribution >= 0.6 is 0 Å². The number of piperidine rings is 1. The molecule has 29 heavy (non-hydrogen) atoms. The van der Waals surface area contributed by atoms with Crippen molar-refractivity contribution in [3.8, 4) is 0 Å². The molecule has 1 aromatic carbocycles. The molecule has 164 valence electrons. The lowest BCUT2D eigenvalue weighted by molar-refractivity contribution is 0.110. The van der Waals surface area contributed by atoms with E-state index >= 15 is 0 Å². The Morgan fingerprint density at radius 3 is 2.31 bits per heavy atom. The van der Waals surface area contributed by atoms with E-state index in [1.165, 1.54) is 32.2 Å². The molecule has 0 aromatic heterocycles. The summed E-state index contributed by atoms with van der Waals surface area (Å²) in [5.41, 5.74) is 1.10. The molecule has 1 unspecified atom stereocenters. The number of benzene rings is 1. The lowest BCUT2D eigenvalue weighted by Gasteiger charge is -2.39. The van der Waals surface area contributed by atoms with Crippen LogP contribution in [0.2, 0.25) is 0 Å². The molecular formula is C22H38N4O2S. The van der Waals surface area contributed by atoms with Crippen molar-refractivity contribution >= 4 is 15.8 Å². The molecule has 7 heteroatoms. The summed E-state index contributed by atoms with van der Waals surface area (Å²) in [5, 5.41) is 6.86. The smallest absolute Gasteiger partial charge is 0.191 e. The van der Waals surface area contributed by atoms with Gasteiger partial charge in [0.2, 0.25) is 0 Å². The standard InChI is InChI=1S/C22H38N4O2S/c1-17(2)21(26-14-11-18(3)12-15-26)16-25-22(23-4)24-13-10-19-6-8-20(9-7-19)29(5,27)28/h6-9,17-18,21H,10-16H2,1-5H3,(H2,23,24,25). The van der Waals surface area contributed by atoms with Gasteiger partial charge in [0.15, 0.2) is 15.8 Å². The fourth-order valence-electron chi connectivity index (χ4n) is 3.80. The number of sulfone groups is 1. The minimum atomic E-state index is -3.14. The van der Waals surface area contributed by atoms with Gasteiger partial charge in [0.05, 0.1) is 4.90 Å². The molecule has 0 radical (unpaired) electrons. The third-order valence-electron chi connectivity index (χ3n) is 5.82. The highest BCUT2D eigenvalue weighted by molar-refractivity contribution is 7.90. The SMILES string of the molecule is CN=C(NCCc1ccc(S(C)(=O)=O)cc1)NCC(C(C)C)N1CCC(C)CC1. The summed E-state index contributed by atoms with van der Waals surface area (Å²) in [4.78, 5) is 7.33. The van der Waals surface area contributed by atoms with E-state index in [-0.39, 0.29) is 0 Å². The van der Waals surface area contributed by atoms with Gasteiger partial charge in [0, 0.05) is 32.4 Å². The maximum atomic E-state index is 11.6. The van der Waals surface area contributed by atoms with Gasteiger partial charge >= 0.3 is 0 Å². The average Bonchev–Trinajstić information content (AvgIpc) is 2.67. The minimum Gasteiger partial charge on any atom is -0.356 e. The molecule has 0 saturated carbocycles. The summed E-state index contributed by atoms with van der Waals surface area (Å²) in [5.74, 6) is 2.24. The summed E-state index contributed by atoms with van der Waals surface area (Å²) in [7, 11) is -1.35. The number of hydrogen-bond acceptors (Lipinski definition) is 4. The molecule has 1 aliphatic rings. The van der Waals surface area contributed by atoms with Crippen molar-refractivity contribution in [2.45, 2.75) is 51.0 Å². The second kappa shape index (κ2) is 11.0. The topological polar surface area (TPSA) is 73.8 Å². The quantitative estimate of drug-likeness (QED) is 0.498. The van der Waals surface area contributed by atoms with Crippen molar-refractivity contribution < 1.29 is 8.42 Å². The van der Waals surface area contributed by atoms with Crippen LogP contribution < -0.4 is 10.6 Å². The Balaban J connectivity index is 1.80. The van der Waals surface area contributed by atoms with Crippen LogP contribution in [0.1, 0.15) is 39.2 Å². The number of nitrogens with one attached hydrogen (secondary N) is 2. The number of nitrogens with zero attached hydrogens (tertiary/aromatic N) is 2. The molecule has 1 atom stereocenters. The number of guanidine groups is 1. The summed E-state index contributed by atoms with van der Waals surface area (Å²) in [6, 6.07) is 7.60. The van der Waals surface area contributed by atoms with Crippen LogP contribution in [0.25, 0.3) is 0 Å². The molecular weight excluding hydrogens is 384 g/mol. The number of rotatable bonds is 8. The second-order valence-electron chi connectivity index (χ2n) is 8.58. The Bertz CT molecular complexity index is 752.